The minimum Gasteiger partial charge on any atom is -0.395 e. The molecular formula is C16H25FN2O2. The number of aliphatic hydroxyl groups is 2. The van der Waals surface area contributed by atoms with E-state index in [9.17, 15) is 9.50 Å². The van der Waals surface area contributed by atoms with Gasteiger partial charge in [0.25, 0.3) is 0 Å². The summed E-state index contributed by atoms with van der Waals surface area (Å²) in [5.74, 6) is -0.212. The number of hydrogen-bond donors (Lipinski definition) is 2. The lowest BCUT2D eigenvalue weighted by Gasteiger charge is -2.38. The van der Waals surface area contributed by atoms with Gasteiger partial charge in [-0.3, -0.25) is 9.80 Å². The molecule has 1 aliphatic rings. The van der Waals surface area contributed by atoms with E-state index in [1.54, 1.807) is 12.1 Å². The lowest BCUT2D eigenvalue weighted by molar-refractivity contribution is 0.0604. The molecule has 21 heavy (non-hydrogen) atoms. The van der Waals surface area contributed by atoms with Crippen LogP contribution in [0.2, 0.25) is 0 Å². The van der Waals surface area contributed by atoms with E-state index in [0.717, 1.165) is 38.2 Å². The van der Waals surface area contributed by atoms with E-state index in [-0.39, 0.29) is 25.1 Å². The maximum atomic E-state index is 13.8. The second-order valence-electron chi connectivity index (χ2n) is 5.64. The maximum Gasteiger partial charge on any atom is 0.127 e. The molecule has 0 bridgehead atoms. The number of halogens is 1. The van der Waals surface area contributed by atoms with Crippen LogP contribution in [0.25, 0.3) is 0 Å². The van der Waals surface area contributed by atoms with Crippen molar-refractivity contribution in [3.63, 3.8) is 0 Å². The summed E-state index contributed by atoms with van der Waals surface area (Å²) < 4.78 is 13.8. The van der Waals surface area contributed by atoms with Crippen LogP contribution in [0.1, 0.15) is 24.5 Å². The van der Waals surface area contributed by atoms with Gasteiger partial charge in [0.1, 0.15) is 5.82 Å². The highest BCUT2D eigenvalue weighted by Crippen LogP contribution is 2.16. The highest BCUT2D eigenvalue weighted by molar-refractivity contribution is 5.24. The van der Waals surface area contributed by atoms with Gasteiger partial charge < -0.3 is 10.2 Å². The third-order valence-electron chi connectivity index (χ3n) is 4.29. The van der Waals surface area contributed by atoms with E-state index in [1.165, 1.54) is 6.07 Å². The molecule has 0 aliphatic carbocycles. The zero-order chi connectivity index (χ0) is 15.2. The maximum absolute atomic E-state index is 13.8. The van der Waals surface area contributed by atoms with Crippen molar-refractivity contribution < 1.29 is 14.6 Å². The highest BCUT2D eigenvalue weighted by atomic mass is 19.1. The van der Waals surface area contributed by atoms with Crippen LogP contribution in [0.5, 0.6) is 0 Å². The number of hydrogen-bond acceptors (Lipinski definition) is 4. The molecule has 0 spiro atoms. The molecule has 4 nitrogen and oxygen atoms in total. The lowest BCUT2D eigenvalue weighted by Crippen LogP contribution is -2.50. The van der Waals surface area contributed by atoms with Crippen LogP contribution in [-0.2, 0) is 13.2 Å². The summed E-state index contributed by atoms with van der Waals surface area (Å²) in [7, 11) is 0. The average Bonchev–Trinajstić information content (AvgIpc) is 2.52. The molecule has 5 heteroatoms. The van der Waals surface area contributed by atoms with Crippen molar-refractivity contribution >= 4 is 0 Å². The minimum atomic E-state index is -0.212. The average molecular weight is 296 g/mol. The first-order valence-electron chi connectivity index (χ1n) is 7.63. The largest absolute Gasteiger partial charge is 0.395 e. The Morgan fingerprint density at radius 3 is 2.48 bits per heavy atom. The van der Waals surface area contributed by atoms with Crippen molar-refractivity contribution in [1.29, 1.82) is 0 Å². The summed E-state index contributed by atoms with van der Waals surface area (Å²) in [5.41, 5.74) is 1.39. The van der Waals surface area contributed by atoms with Crippen molar-refractivity contribution in [2.75, 3.05) is 32.8 Å². The molecular weight excluding hydrogens is 271 g/mol. The van der Waals surface area contributed by atoms with E-state index in [2.05, 4.69) is 16.7 Å². The van der Waals surface area contributed by atoms with E-state index >= 15 is 0 Å². The third-order valence-corrected chi connectivity index (χ3v) is 4.29. The second kappa shape index (κ2) is 7.84. The Bertz CT molecular complexity index is 444. The van der Waals surface area contributed by atoms with Gasteiger partial charge >= 0.3 is 0 Å². The topological polar surface area (TPSA) is 46.9 Å². The summed E-state index contributed by atoms with van der Waals surface area (Å²) in [6, 6.07) is 5.02. The smallest absolute Gasteiger partial charge is 0.127 e. The van der Waals surface area contributed by atoms with E-state index in [0.29, 0.717) is 12.1 Å². The number of rotatable bonds is 6. The number of aliphatic hydroxyl groups excluding tert-OH is 2. The minimum absolute atomic E-state index is 0.0598. The van der Waals surface area contributed by atoms with Crippen LogP contribution in [0.15, 0.2) is 18.2 Å². The molecule has 0 radical (unpaired) electrons. The van der Waals surface area contributed by atoms with Crippen molar-refractivity contribution in [3.05, 3.63) is 35.1 Å². The zero-order valence-corrected chi connectivity index (χ0v) is 12.6. The first-order valence-corrected chi connectivity index (χ1v) is 7.63. The standard InChI is InChI=1S/C16H25FN2O2/c1-2-15(12-21)19-7-5-18(6-8-19)10-14-9-13(11-20)3-4-16(14)17/h3-4,9,15,20-21H,2,5-8,10-12H2,1H3. The number of benzene rings is 1. The fourth-order valence-corrected chi connectivity index (χ4v) is 2.88. The Balaban J connectivity index is 1.91. The first-order chi connectivity index (χ1) is 10.2. The fraction of sp³-hybridized carbons (Fsp3) is 0.625. The van der Waals surface area contributed by atoms with Crippen LogP contribution in [0.3, 0.4) is 0 Å². The predicted octanol–water partition coefficient (Wildman–Crippen LogP) is 1.21. The SMILES string of the molecule is CCC(CO)N1CCN(Cc2cc(CO)ccc2F)CC1. The monoisotopic (exact) mass is 296 g/mol. The van der Waals surface area contributed by atoms with Crippen molar-refractivity contribution in [2.24, 2.45) is 0 Å². The van der Waals surface area contributed by atoms with Gasteiger partial charge in [0.05, 0.1) is 13.2 Å². The summed E-state index contributed by atoms with van der Waals surface area (Å²) >= 11 is 0. The summed E-state index contributed by atoms with van der Waals surface area (Å²) in [4.78, 5) is 4.52. The van der Waals surface area contributed by atoms with Gasteiger partial charge in [0, 0.05) is 44.3 Å². The van der Waals surface area contributed by atoms with Gasteiger partial charge in [-0.15, -0.1) is 0 Å². The Morgan fingerprint density at radius 1 is 1.19 bits per heavy atom. The molecule has 1 atom stereocenters. The lowest BCUT2D eigenvalue weighted by atomic mass is 10.1. The van der Waals surface area contributed by atoms with Gasteiger partial charge in [-0.1, -0.05) is 13.0 Å². The fourth-order valence-electron chi connectivity index (χ4n) is 2.88. The Labute approximate surface area is 125 Å². The quantitative estimate of drug-likeness (QED) is 0.828. The molecule has 1 aromatic rings. The third kappa shape index (κ3) is 4.23. The van der Waals surface area contributed by atoms with E-state index in [1.807, 2.05) is 0 Å². The van der Waals surface area contributed by atoms with Crippen molar-refractivity contribution in [3.8, 4) is 0 Å². The van der Waals surface area contributed by atoms with Gasteiger partial charge in [0.2, 0.25) is 0 Å². The summed E-state index contributed by atoms with van der Waals surface area (Å²) in [6.45, 7) is 6.35. The van der Waals surface area contributed by atoms with Crippen molar-refractivity contribution in [1.82, 2.24) is 9.80 Å². The van der Waals surface area contributed by atoms with E-state index < -0.39 is 0 Å². The Hall–Kier alpha value is -1.01. The van der Waals surface area contributed by atoms with Crippen molar-refractivity contribution in [2.45, 2.75) is 32.5 Å². The molecule has 0 aromatic heterocycles. The molecule has 1 unspecified atom stereocenters. The summed E-state index contributed by atoms with van der Waals surface area (Å²) in [6.07, 6.45) is 0.948. The first kappa shape index (κ1) is 16.4. The van der Waals surface area contributed by atoms with Gasteiger partial charge in [0.15, 0.2) is 0 Å². The molecule has 1 saturated heterocycles. The normalized spacial score (nSPS) is 18.9. The van der Waals surface area contributed by atoms with E-state index in [4.69, 9.17) is 5.11 Å². The van der Waals surface area contributed by atoms with Crippen LogP contribution in [-0.4, -0.2) is 58.8 Å². The van der Waals surface area contributed by atoms with Gasteiger partial charge in [-0.05, 0) is 24.1 Å². The van der Waals surface area contributed by atoms with Crippen LogP contribution in [0, 0.1) is 5.82 Å². The van der Waals surface area contributed by atoms with Crippen LogP contribution in [0.4, 0.5) is 4.39 Å². The number of piperazine rings is 1. The zero-order valence-electron chi connectivity index (χ0n) is 12.6. The molecule has 118 valence electrons. The molecule has 0 amide bonds. The second-order valence-corrected chi connectivity index (χ2v) is 5.64. The van der Waals surface area contributed by atoms with Crippen LogP contribution >= 0.6 is 0 Å². The van der Waals surface area contributed by atoms with Crippen LogP contribution < -0.4 is 0 Å². The molecule has 1 heterocycles. The van der Waals surface area contributed by atoms with Gasteiger partial charge in [-0.2, -0.15) is 0 Å². The molecule has 1 aliphatic heterocycles. The molecule has 0 saturated carbocycles. The predicted molar refractivity (Wildman–Crippen MR) is 80.3 cm³/mol. The summed E-state index contributed by atoms with van der Waals surface area (Å²) in [5, 5.41) is 18.5. The molecule has 2 N–H and O–H groups in total. The Kier molecular flexibility index (Phi) is 6.11. The molecule has 1 fully saturated rings. The Morgan fingerprint density at radius 2 is 1.90 bits per heavy atom. The van der Waals surface area contributed by atoms with Gasteiger partial charge in [-0.25, -0.2) is 4.39 Å². The number of nitrogens with zero attached hydrogens (tertiary/aromatic N) is 2. The molecule has 1 aromatic carbocycles. The highest BCUT2D eigenvalue weighted by Gasteiger charge is 2.22. The molecule has 2 rings (SSSR count).